The van der Waals surface area contributed by atoms with Crippen molar-refractivity contribution in [1.82, 2.24) is 18.7 Å². The van der Waals surface area contributed by atoms with Crippen LogP contribution in [0.5, 0.6) is 0 Å². The van der Waals surface area contributed by atoms with Crippen LogP contribution in [-0.4, -0.2) is 23.8 Å². The van der Waals surface area contributed by atoms with Gasteiger partial charge in [0.1, 0.15) is 6.23 Å². The van der Waals surface area contributed by atoms with E-state index < -0.39 is 40.6 Å². The van der Waals surface area contributed by atoms with E-state index in [4.69, 9.17) is 0 Å². The van der Waals surface area contributed by atoms with Gasteiger partial charge in [0.2, 0.25) is 5.82 Å². The highest BCUT2D eigenvalue weighted by Crippen LogP contribution is 2.31. The molecule has 10 heteroatoms. The van der Waals surface area contributed by atoms with Crippen molar-refractivity contribution in [2.75, 3.05) is 0 Å². The van der Waals surface area contributed by atoms with E-state index in [1.165, 1.54) is 7.05 Å². The molecule has 0 radical (unpaired) electrons. The first-order chi connectivity index (χ1) is 9.07. The van der Waals surface area contributed by atoms with Crippen molar-refractivity contribution in [3.8, 4) is 0 Å². The van der Waals surface area contributed by atoms with Crippen LogP contribution in [0.1, 0.15) is 19.0 Å². The van der Waals surface area contributed by atoms with Gasteiger partial charge in [-0.3, -0.25) is 18.5 Å². The smallest absolute Gasteiger partial charge is 0.373 e. The van der Waals surface area contributed by atoms with Crippen molar-refractivity contribution in [1.29, 1.82) is 0 Å². The summed E-state index contributed by atoms with van der Waals surface area (Å²) in [7, 11) is 2.33. The molecule has 0 aliphatic rings. The van der Waals surface area contributed by atoms with Gasteiger partial charge in [-0.15, -0.1) is 0 Å². The number of rotatable bonds is 1. The van der Waals surface area contributed by atoms with Gasteiger partial charge in [-0.25, -0.2) is 9.78 Å². The molecule has 2 aromatic rings. The summed E-state index contributed by atoms with van der Waals surface area (Å²) < 4.78 is 40.6. The van der Waals surface area contributed by atoms with Gasteiger partial charge in [-0.1, -0.05) is 0 Å². The fraction of sp³-hybridized carbons (Fsp3) is 0.500. The van der Waals surface area contributed by atoms with Crippen LogP contribution in [0.25, 0.3) is 11.2 Å². The van der Waals surface area contributed by atoms with Crippen LogP contribution in [0.3, 0.4) is 0 Å². The van der Waals surface area contributed by atoms with Crippen LogP contribution in [0.2, 0.25) is 0 Å². The number of aliphatic hydroxyl groups is 1. The predicted octanol–water partition coefficient (Wildman–Crippen LogP) is -0.0367. The molecule has 110 valence electrons. The maximum absolute atomic E-state index is 12.9. The lowest BCUT2D eigenvalue weighted by atomic mass is 10.4. The van der Waals surface area contributed by atoms with Crippen molar-refractivity contribution in [3.05, 3.63) is 26.7 Å². The summed E-state index contributed by atoms with van der Waals surface area (Å²) in [6, 6.07) is 0. The molecule has 0 bridgehead atoms. The Labute approximate surface area is 109 Å². The van der Waals surface area contributed by atoms with Crippen molar-refractivity contribution in [2.24, 2.45) is 14.1 Å². The van der Waals surface area contributed by atoms with E-state index in [0.717, 1.165) is 18.5 Å². The van der Waals surface area contributed by atoms with Gasteiger partial charge in [0.25, 0.3) is 5.56 Å². The molecule has 2 heterocycles. The number of alkyl halides is 3. The zero-order valence-electron chi connectivity index (χ0n) is 10.8. The van der Waals surface area contributed by atoms with E-state index in [0.29, 0.717) is 9.13 Å². The Hall–Kier alpha value is -2.10. The summed E-state index contributed by atoms with van der Waals surface area (Å²) in [5.41, 5.74) is -2.65. The molecule has 7 nitrogen and oxygen atoms in total. The lowest BCUT2D eigenvalue weighted by molar-refractivity contribution is -0.150. The Morgan fingerprint density at radius 1 is 1.20 bits per heavy atom. The molecular formula is C10H11F3N4O3. The highest BCUT2D eigenvalue weighted by Gasteiger charge is 2.40. The van der Waals surface area contributed by atoms with E-state index in [1.807, 2.05) is 0 Å². The fourth-order valence-electron chi connectivity index (χ4n) is 1.98. The Balaban J connectivity index is 3.13. The second-order valence-corrected chi connectivity index (χ2v) is 4.31. The van der Waals surface area contributed by atoms with Gasteiger partial charge in [-0.2, -0.15) is 13.2 Å². The molecule has 2 rings (SSSR count). The maximum atomic E-state index is 12.9. The quantitative estimate of drug-likeness (QED) is 0.800. The average molecular weight is 292 g/mol. The molecule has 1 atom stereocenters. The molecular weight excluding hydrogens is 281 g/mol. The molecule has 0 aliphatic heterocycles. The van der Waals surface area contributed by atoms with Crippen LogP contribution in [0.4, 0.5) is 13.2 Å². The summed E-state index contributed by atoms with van der Waals surface area (Å²) >= 11 is 0. The third-order valence-electron chi connectivity index (χ3n) is 2.92. The van der Waals surface area contributed by atoms with Crippen LogP contribution in [0.15, 0.2) is 9.59 Å². The Morgan fingerprint density at radius 2 is 1.75 bits per heavy atom. The summed E-state index contributed by atoms with van der Waals surface area (Å²) in [5, 5.41) is 9.52. The first kappa shape index (κ1) is 14.3. The maximum Gasteiger partial charge on any atom is 0.449 e. The van der Waals surface area contributed by atoms with Crippen molar-refractivity contribution < 1.29 is 18.3 Å². The molecule has 20 heavy (non-hydrogen) atoms. The molecule has 0 saturated carbocycles. The first-order valence-corrected chi connectivity index (χ1v) is 5.50. The second-order valence-electron chi connectivity index (χ2n) is 4.31. The summed E-state index contributed by atoms with van der Waals surface area (Å²) in [6.45, 7) is 1.07. The van der Waals surface area contributed by atoms with Crippen molar-refractivity contribution >= 4 is 11.2 Å². The van der Waals surface area contributed by atoms with E-state index in [1.54, 1.807) is 0 Å². The van der Waals surface area contributed by atoms with Gasteiger partial charge >= 0.3 is 11.9 Å². The minimum Gasteiger partial charge on any atom is -0.373 e. The molecule has 0 amide bonds. The number of hydrogen-bond donors (Lipinski definition) is 1. The van der Waals surface area contributed by atoms with Crippen LogP contribution in [0, 0.1) is 0 Å². The van der Waals surface area contributed by atoms with E-state index in [2.05, 4.69) is 4.98 Å². The third-order valence-corrected chi connectivity index (χ3v) is 2.92. The minimum atomic E-state index is -4.86. The second kappa shape index (κ2) is 4.20. The third kappa shape index (κ3) is 1.83. The zero-order valence-corrected chi connectivity index (χ0v) is 10.8. The fourth-order valence-corrected chi connectivity index (χ4v) is 1.98. The lowest BCUT2D eigenvalue weighted by Gasteiger charge is -2.13. The molecule has 0 saturated heterocycles. The Kier molecular flexibility index (Phi) is 3.00. The summed E-state index contributed by atoms with van der Waals surface area (Å²) in [4.78, 5) is 26.9. The number of hydrogen-bond acceptors (Lipinski definition) is 4. The summed E-state index contributed by atoms with van der Waals surface area (Å²) in [5.74, 6) is -1.43. The molecule has 0 aliphatic carbocycles. The SMILES string of the molecule is CC(O)n1c(C(F)(F)F)nc2c1c(=O)n(C)c(=O)n2C. The number of aromatic nitrogens is 4. The average Bonchev–Trinajstić information content (AvgIpc) is 2.74. The number of nitrogens with zero attached hydrogens (tertiary/aromatic N) is 4. The van der Waals surface area contributed by atoms with Crippen LogP contribution >= 0.6 is 0 Å². The number of aliphatic hydroxyl groups excluding tert-OH is 1. The standard InChI is InChI=1S/C10H11F3N4O3/c1-4(18)17-5-6(14-8(17)10(11,12)13)15(2)9(20)16(3)7(5)19/h4,18H,1-3H3. The number of halogens is 3. The van der Waals surface area contributed by atoms with Gasteiger partial charge < -0.3 is 5.11 Å². The topological polar surface area (TPSA) is 82.1 Å². The molecule has 1 unspecified atom stereocenters. The zero-order chi connectivity index (χ0) is 15.4. The Bertz CT molecular complexity index is 797. The van der Waals surface area contributed by atoms with Crippen LogP contribution < -0.4 is 11.2 Å². The summed E-state index contributed by atoms with van der Waals surface area (Å²) in [6.07, 6.45) is -6.49. The van der Waals surface area contributed by atoms with E-state index in [9.17, 15) is 27.9 Å². The highest BCUT2D eigenvalue weighted by molar-refractivity contribution is 5.71. The number of fused-ring (bicyclic) bond motifs is 1. The van der Waals surface area contributed by atoms with Gasteiger partial charge in [0.15, 0.2) is 11.2 Å². The molecule has 2 aromatic heterocycles. The number of imidazole rings is 1. The highest BCUT2D eigenvalue weighted by atomic mass is 19.4. The largest absolute Gasteiger partial charge is 0.449 e. The predicted molar refractivity (Wildman–Crippen MR) is 62.1 cm³/mol. The monoisotopic (exact) mass is 292 g/mol. The van der Waals surface area contributed by atoms with Crippen molar-refractivity contribution in [2.45, 2.75) is 19.3 Å². The van der Waals surface area contributed by atoms with E-state index in [-0.39, 0.29) is 0 Å². The minimum absolute atomic E-state index is 0.372. The molecule has 1 N–H and O–H groups in total. The van der Waals surface area contributed by atoms with E-state index >= 15 is 0 Å². The lowest BCUT2D eigenvalue weighted by Crippen LogP contribution is -2.37. The van der Waals surface area contributed by atoms with Gasteiger partial charge in [0.05, 0.1) is 0 Å². The number of aryl methyl sites for hydroxylation is 1. The van der Waals surface area contributed by atoms with Gasteiger partial charge in [0, 0.05) is 14.1 Å². The van der Waals surface area contributed by atoms with Gasteiger partial charge in [-0.05, 0) is 6.92 Å². The van der Waals surface area contributed by atoms with Crippen molar-refractivity contribution in [3.63, 3.8) is 0 Å². The normalized spacial score (nSPS) is 13.9. The molecule has 0 fully saturated rings. The Morgan fingerprint density at radius 3 is 2.20 bits per heavy atom. The molecule has 0 spiro atoms. The van der Waals surface area contributed by atoms with Crippen LogP contribution in [-0.2, 0) is 20.3 Å². The first-order valence-electron chi connectivity index (χ1n) is 5.50. The molecule has 0 aromatic carbocycles.